The molecule has 0 atom stereocenters. The number of aromatic nitrogens is 2. The summed E-state index contributed by atoms with van der Waals surface area (Å²) < 4.78 is 7.37. The Morgan fingerprint density at radius 2 is 1.94 bits per heavy atom. The molecular weight excluding hydrogens is 224 g/mol. The maximum absolute atomic E-state index is 5.26. The Kier molecular flexibility index (Phi) is 4.50. The maximum atomic E-state index is 5.26. The van der Waals surface area contributed by atoms with Crippen molar-refractivity contribution >= 4 is 0 Å². The van der Waals surface area contributed by atoms with Gasteiger partial charge in [-0.15, -0.1) is 0 Å². The largest absolute Gasteiger partial charge is 1.00 e. The van der Waals surface area contributed by atoms with Crippen LogP contribution in [0.5, 0.6) is 0 Å². The van der Waals surface area contributed by atoms with E-state index in [4.69, 9.17) is 4.52 Å². The number of hydrogen-bond acceptors (Lipinski definition) is 2. The van der Waals surface area contributed by atoms with Crippen molar-refractivity contribution in [3.8, 4) is 11.3 Å². The average Bonchev–Trinajstić information content (AvgIpc) is 2.77. The molecule has 86 valence electrons. The molecule has 0 aliphatic carbocycles. The molecule has 0 saturated carbocycles. The first-order valence-electron chi connectivity index (χ1n) is 5.28. The van der Waals surface area contributed by atoms with E-state index in [0.29, 0.717) is 0 Å². The number of pyridine rings is 1. The summed E-state index contributed by atoms with van der Waals surface area (Å²) >= 11 is 0. The van der Waals surface area contributed by atoms with Crippen LogP contribution in [0.25, 0.3) is 11.3 Å². The maximum Gasteiger partial charge on any atom is 0.170 e. The second-order valence-corrected chi connectivity index (χ2v) is 3.45. The Labute approximate surface area is 101 Å². The fourth-order valence-corrected chi connectivity index (χ4v) is 1.57. The average molecular weight is 239 g/mol. The van der Waals surface area contributed by atoms with Gasteiger partial charge in [0.05, 0.1) is 6.20 Å². The summed E-state index contributed by atoms with van der Waals surface area (Å²) in [7, 11) is 0. The van der Waals surface area contributed by atoms with E-state index in [-0.39, 0.29) is 12.4 Å². The summed E-state index contributed by atoms with van der Waals surface area (Å²) in [5, 5.41) is 3.83. The first-order valence-corrected chi connectivity index (χ1v) is 5.28. The minimum atomic E-state index is 0. The van der Waals surface area contributed by atoms with Gasteiger partial charge in [0.2, 0.25) is 0 Å². The molecule has 2 aromatic rings. The molecule has 0 aromatic carbocycles. The monoisotopic (exact) mass is 238 g/mol. The summed E-state index contributed by atoms with van der Waals surface area (Å²) in [5.74, 6) is 0.890. The number of rotatable bonds is 3. The highest BCUT2D eigenvalue weighted by Crippen LogP contribution is 2.22. The van der Waals surface area contributed by atoms with E-state index < -0.39 is 0 Å². The van der Waals surface area contributed by atoms with E-state index in [1.165, 1.54) is 0 Å². The zero-order chi connectivity index (χ0) is 10.7. The lowest BCUT2D eigenvalue weighted by Gasteiger charge is -1.97. The van der Waals surface area contributed by atoms with Crippen LogP contribution < -0.4 is 17.0 Å². The van der Waals surface area contributed by atoms with Gasteiger partial charge in [-0.2, -0.15) is 0 Å². The normalized spacial score (nSPS) is 9.88. The van der Waals surface area contributed by atoms with E-state index in [2.05, 4.69) is 48.1 Å². The van der Waals surface area contributed by atoms with Crippen molar-refractivity contribution in [2.45, 2.75) is 26.8 Å². The highest BCUT2D eigenvalue weighted by Gasteiger charge is 2.10. The highest BCUT2D eigenvalue weighted by molar-refractivity contribution is 5.59. The predicted molar refractivity (Wildman–Crippen MR) is 57.2 cm³/mol. The molecule has 0 aliphatic rings. The Balaban J connectivity index is 0.00000128. The van der Waals surface area contributed by atoms with Gasteiger partial charge in [0.25, 0.3) is 0 Å². The second-order valence-electron chi connectivity index (χ2n) is 3.45. The van der Waals surface area contributed by atoms with Gasteiger partial charge >= 0.3 is 0 Å². The van der Waals surface area contributed by atoms with Crippen molar-refractivity contribution < 1.29 is 21.5 Å². The van der Waals surface area contributed by atoms with E-state index in [0.717, 1.165) is 29.9 Å². The van der Waals surface area contributed by atoms with Gasteiger partial charge in [0.1, 0.15) is 6.54 Å². The molecule has 0 N–H and O–H groups in total. The fourth-order valence-electron chi connectivity index (χ4n) is 1.57. The topological polar surface area (TPSA) is 29.9 Å². The van der Waals surface area contributed by atoms with Crippen LogP contribution >= 0.6 is 0 Å². The predicted octanol–water partition coefficient (Wildman–Crippen LogP) is -0.785. The Hall–Kier alpha value is -1.35. The number of hydrogen-bond donors (Lipinski definition) is 0. The molecule has 0 fully saturated rings. The van der Waals surface area contributed by atoms with Gasteiger partial charge in [-0.1, -0.05) is 12.1 Å². The van der Waals surface area contributed by atoms with Crippen molar-refractivity contribution in [3.05, 3.63) is 36.3 Å². The molecule has 0 saturated heterocycles. The van der Waals surface area contributed by atoms with Gasteiger partial charge in [0, 0.05) is 23.3 Å². The molecule has 0 amide bonds. The van der Waals surface area contributed by atoms with Crippen LogP contribution in [0.3, 0.4) is 0 Å². The molecule has 0 radical (unpaired) electrons. The molecule has 2 heterocycles. The first kappa shape index (κ1) is 12.7. The lowest BCUT2D eigenvalue weighted by atomic mass is 10.1. The molecule has 3 nitrogen and oxygen atoms in total. The van der Waals surface area contributed by atoms with Gasteiger partial charge in [-0.3, -0.25) is 0 Å². The van der Waals surface area contributed by atoms with Crippen LogP contribution in [0.4, 0.5) is 0 Å². The number of aryl methyl sites for hydroxylation is 2. The zero-order valence-corrected chi connectivity index (χ0v) is 10.2. The summed E-state index contributed by atoms with van der Waals surface area (Å²) in [6.45, 7) is 5.20. The molecule has 4 heteroatoms. The second kappa shape index (κ2) is 5.66. The van der Waals surface area contributed by atoms with E-state index in [1.807, 2.05) is 0 Å². The molecule has 0 unspecified atom stereocenters. The van der Waals surface area contributed by atoms with Crippen LogP contribution in [0, 0.1) is 0 Å². The summed E-state index contributed by atoms with van der Waals surface area (Å²) in [6, 6.07) is 4.12. The SMILES string of the molecule is CCc1cnoc1-c1cc[n+](CC)cc1.[Cl-]. The first-order chi connectivity index (χ1) is 7.35. The lowest BCUT2D eigenvalue weighted by molar-refractivity contribution is -0.693. The Morgan fingerprint density at radius 1 is 1.25 bits per heavy atom. The Bertz CT molecular complexity index is 437. The molecule has 2 rings (SSSR count). The molecule has 0 bridgehead atoms. The van der Waals surface area contributed by atoms with Gasteiger partial charge in [-0.05, 0) is 13.3 Å². The van der Waals surface area contributed by atoms with Crippen molar-refractivity contribution in [1.29, 1.82) is 0 Å². The van der Waals surface area contributed by atoms with E-state index in [1.54, 1.807) is 6.20 Å². The minimum Gasteiger partial charge on any atom is -1.00 e. The van der Waals surface area contributed by atoms with Gasteiger partial charge in [0.15, 0.2) is 18.2 Å². The summed E-state index contributed by atoms with van der Waals surface area (Å²) in [5.41, 5.74) is 2.25. The number of halogens is 1. The molecular formula is C12H15ClN2O. The molecule has 0 aliphatic heterocycles. The van der Waals surface area contributed by atoms with Crippen LogP contribution in [0.15, 0.2) is 35.2 Å². The zero-order valence-electron chi connectivity index (χ0n) is 9.48. The third kappa shape index (κ3) is 2.42. The van der Waals surface area contributed by atoms with Crippen molar-refractivity contribution in [2.24, 2.45) is 0 Å². The third-order valence-electron chi connectivity index (χ3n) is 2.54. The van der Waals surface area contributed by atoms with E-state index in [9.17, 15) is 0 Å². The van der Waals surface area contributed by atoms with Crippen molar-refractivity contribution in [1.82, 2.24) is 5.16 Å². The summed E-state index contributed by atoms with van der Waals surface area (Å²) in [4.78, 5) is 0. The number of nitrogens with zero attached hydrogens (tertiary/aromatic N) is 2. The highest BCUT2D eigenvalue weighted by atomic mass is 35.5. The molecule has 0 spiro atoms. The summed E-state index contributed by atoms with van der Waals surface area (Å²) in [6.07, 6.45) is 6.84. The lowest BCUT2D eigenvalue weighted by Crippen LogP contribution is -3.00. The van der Waals surface area contributed by atoms with Gasteiger partial charge < -0.3 is 16.9 Å². The molecule has 2 aromatic heterocycles. The standard InChI is InChI=1S/C12H15N2O.ClH/c1-3-10-9-13-15-12(10)11-5-7-14(4-2)8-6-11;/h5-9H,3-4H2,1-2H3;1H/q+1;/p-1. The van der Waals surface area contributed by atoms with Crippen LogP contribution in [0.2, 0.25) is 0 Å². The quantitative estimate of drug-likeness (QED) is 0.657. The van der Waals surface area contributed by atoms with Crippen molar-refractivity contribution in [2.75, 3.05) is 0 Å². The third-order valence-corrected chi connectivity index (χ3v) is 2.54. The fraction of sp³-hybridized carbons (Fsp3) is 0.333. The van der Waals surface area contributed by atoms with Gasteiger partial charge in [-0.25, -0.2) is 4.57 Å². The van der Waals surface area contributed by atoms with Crippen LogP contribution in [-0.4, -0.2) is 5.16 Å². The molecule has 16 heavy (non-hydrogen) atoms. The Morgan fingerprint density at radius 3 is 2.50 bits per heavy atom. The minimum absolute atomic E-state index is 0. The van der Waals surface area contributed by atoms with Crippen LogP contribution in [0.1, 0.15) is 19.4 Å². The van der Waals surface area contributed by atoms with Crippen LogP contribution in [-0.2, 0) is 13.0 Å². The van der Waals surface area contributed by atoms with E-state index >= 15 is 0 Å². The smallest absolute Gasteiger partial charge is 0.170 e. The van der Waals surface area contributed by atoms with Crippen molar-refractivity contribution in [3.63, 3.8) is 0 Å².